The summed E-state index contributed by atoms with van der Waals surface area (Å²) in [6, 6.07) is 29.6. The normalized spacial score (nSPS) is 11.2. The van der Waals surface area contributed by atoms with Gasteiger partial charge in [-0.05, 0) is 110 Å². The van der Waals surface area contributed by atoms with Crippen LogP contribution >= 0.6 is 0 Å². The smallest absolute Gasteiger partial charge is 0.161 e. The molecule has 0 bridgehead atoms. The van der Waals surface area contributed by atoms with Gasteiger partial charge in [0.25, 0.3) is 0 Å². The molecule has 0 radical (unpaired) electrons. The summed E-state index contributed by atoms with van der Waals surface area (Å²) in [5, 5.41) is 6.50. The quantitative estimate of drug-likeness (QED) is 0.148. The Bertz CT molecular complexity index is 1910. The molecule has 5 nitrogen and oxygen atoms in total. The van der Waals surface area contributed by atoms with Gasteiger partial charge in [-0.1, -0.05) is 42.0 Å². The Hall–Kier alpha value is -4.90. The molecule has 6 rings (SSSR count). The highest BCUT2D eigenvalue weighted by Gasteiger charge is 2.20. The summed E-state index contributed by atoms with van der Waals surface area (Å²) >= 11 is 0. The van der Waals surface area contributed by atoms with Crippen molar-refractivity contribution in [2.45, 2.75) is 6.92 Å². The second kappa shape index (κ2) is 10.6. The van der Waals surface area contributed by atoms with Crippen LogP contribution in [0.3, 0.4) is 0 Å². The van der Waals surface area contributed by atoms with E-state index in [4.69, 9.17) is 23.7 Å². The van der Waals surface area contributed by atoms with Crippen molar-refractivity contribution in [2.24, 2.45) is 0 Å². The van der Waals surface area contributed by atoms with Crippen LogP contribution in [-0.2, 0) is 0 Å². The van der Waals surface area contributed by atoms with Gasteiger partial charge in [0.15, 0.2) is 23.0 Å². The van der Waals surface area contributed by atoms with E-state index in [2.05, 4.69) is 79.7 Å². The number of aryl methyl sites for hydroxylation is 1. The highest BCUT2D eigenvalue weighted by atomic mass is 16.5. The highest BCUT2D eigenvalue weighted by molar-refractivity contribution is 6.25. The van der Waals surface area contributed by atoms with E-state index in [-0.39, 0.29) is 0 Å². The van der Waals surface area contributed by atoms with Crippen molar-refractivity contribution in [1.82, 2.24) is 0 Å². The standard InChI is InChI=1S/C36H32O5/c1-21-7-9-23(10-8-21)35-28-18-32(39-4)31(38-3)17-24(28)15-25-16-27(22-11-13-26(37-2)14-12-22)29-19-33(40-5)34(41-6)20-30(29)36(25)35/h7-20H,1-6H3. The first-order chi connectivity index (χ1) is 20.0. The number of hydrogen-bond donors (Lipinski definition) is 0. The zero-order chi connectivity index (χ0) is 28.7. The van der Waals surface area contributed by atoms with Gasteiger partial charge in [0.1, 0.15) is 5.75 Å². The van der Waals surface area contributed by atoms with Crippen molar-refractivity contribution >= 4 is 32.3 Å². The monoisotopic (exact) mass is 544 g/mol. The molecular weight excluding hydrogens is 512 g/mol. The summed E-state index contributed by atoms with van der Waals surface area (Å²) in [7, 11) is 8.36. The molecule has 0 atom stereocenters. The Balaban J connectivity index is 1.84. The van der Waals surface area contributed by atoms with Crippen molar-refractivity contribution in [3.63, 3.8) is 0 Å². The van der Waals surface area contributed by atoms with Crippen LogP contribution < -0.4 is 23.7 Å². The Morgan fingerprint density at radius 3 is 1.56 bits per heavy atom. The van der Waals surface area contributed by atoms with E-state index < -0.39 is 0 Å². The van der Waals surface area contributed by atoms with Crippen LogP contribution in [-0.4, -0.2) is 35.5 Å². The largest absolute Gasteiger partial charge is 0.497 e. The second-order valence-electron chi connectivity index (χ2n) is 10.0. The maximum atomic E-state index is 5.81. The van der Waals surface area contributed by atoms with Gasteiger partial charge in [-0.2, -0.15) is 0 Å². The average Bonchev–Trinajstić information content (AvgIpc) is 3.02. The SMILES string of the molecule is COc1ccc(-c2cc3cc4cc(OC)c(OC)cc4c(-c4ccc(C)cc4)c3c3cc(OC)c(OC)cc23)cc1. The van der Waals surface area contributed by atoms with Gasteiger partial charge in [-0.3, -0.25) is 0 Å². The fourth-order valence-corrected chi connectivity index (χ4v) is 5.72. The van der Waals surface area contributed by atoms with Gasteiger partial charge in [-0.15, -0.1) is 0 Å². The highest BCUT2D eigenvalue weighted by Crippen LogP contribution is 2.48. The van der Waals surface area contributed by atoms with Crippen LogP contribution in [0.2, 0.25) is 0 Å². The lowest BCUT2D eigenvalue weighted by Crippen LogP contribution is -1.95. The van der Waals surface area contributed by atoms with Gasteiger partial charge >= 0.3 is 0 Å². The van der Waals surface area contributed by atoms with E-state index in [1.807, 2.05) is 12.1 Å². The molecule has 0 unspecified atom stereocenters. The molecule has 0 heterocycles. The molecule has 0 saturated heterocycles. The number of methoxy groups -OCH3 is 5. The molecular formula is C36H32O5. The molecule has 0 aromatic heterocycles. The number of hydrogen-bond acceptors (Lipinski definition) is 5. The van der Waals surface area contributed by atoms with Crippen molar-refractivity contribution in [1.29, 1.82) is 0 Å². The Kier molecular flexibility index (Phi) is 6.80. The molecule has 0 aliphatic carbocycles. The van der Waals surface area contributed by atoms with Crippen LogP contribution in [0.5, 0.6) is 28.7 Å². The van der Waals surface area contributed by atoms with E-state index in [0.29, 0.717) is 23.0 Å². The molecule has 0 spiro atoms. The summed E-state index contributed by atoms with van der Waals surface area (Å²) in [6.07, 6.45) is 0. The second-order valence-corrected chi connectivity index (χ2v) is 10.0. The predicted molar refractivity (Wildman–Crippen MR) is 167 cm³/mol. The number of fused-ring (bicyclic) bond motifs is 4. The summed E-state index contributed by atoms with van der Waals surface area (Å²) < 4.78 is 28.4. The third-order valence-electron chi connectivity index (χ3n) is 7.80. The minimum absolute atomic E-state index is 0.676. The molecule has 5 heteroatoms. The summed E-state index contributed by atoms with van der Waals surface area (Å²) in [4.78, 5) is 0. The van der Waals surface area contributed by atoms with Crippen LogP contribution in [0.1, 0.15) is 5.56 Å². The van der Waals surface area contributed by atoms with Crippen molar-refractivity contribution < 1.29 is 23.7 Å². The predicted octanol–water partition coefficient (Wildman–Crippen LogP) is 8.83. The van der Waals surface area contributed by atoms with Gasteiger partial charge in [0.2, 0.25) is 0 Å². The van der Waals surface area contributed by atoms with Gasteiger partial charge in [0.05, 0.1) is 35.5 Å². The summed E-state index contributed by atoms with van der Waals surface area (Å²) in [5.74, 6) is 3.54. The van der Waals surface area contributed by atoms with Crippen LogP contribution in [0, 0.1) is 6.92 Å². The Labute approximate surface area is 239 Å². The van der Waals surface area contributed by atoms with E-state index in [0.717, 1.165) is 60.3 Å². The third-order valence-corrected chi connectivity index (χ3v) is 7.80. The molecule has 0 amide bonds. The minimum atomic E-state index is 0.676. The molecule has 0 aliphatic heterocycles. The van der Waals surface area contributed by atoms with E-state index in [1.54, 1.807) is 35.5 Å². The maximum Gasteiger partial charge on any atom is 0.161 e. The van der Waals surface area contributed by atoms with Crippen LogP contribution in [0.25, 0.3) is 54.6 Å². The molecule has 206 valence electrons. The average molecular weight is 545 g/mol. The zero-order valence-electron chi connectivity index (χ0n) is 24.1. The fraction of sp³-hybridized carbons (Fsp3) is 0.167. The Morgan fingerprint density at radius 2 is 0.976 bits per heavy atom. The van der Waals surface area contributed by atoms with Crippen LogP contribution in [0.15, 0.2) is 84.9 Å². The Morgan fingerprint density at radius 1 is 0.439 bits per heavy atom. The number of benzene rings is 6. The van der Waals surface area contributed by atoms with Crippen molar-refractivity contribution in [2.75, 3.05) is 35.5 Å². The first kappa shape index (κ1) is 26.3. The van der Waals surface area contributed by atoms with Gasteiger partial charge < -0.3 is 23.7 Å². The summed E-state index contributed by atoms with van der Waals surface area (Å²) in [6.45, 7) is 2.10. The molecule has 0 saturated carbocycles. The lowest BCUT2D eigenvalue weighted by atomic mass is 9.86. The molecule has 6 aromatic rings. The first-order valence-electron chi connectivity index (χ1n) is 13.4. The molecule has 0 fully saturated rings. The van der Waals surface area contributed by atoms with E-state index in [1.165, 1.54) is 5.56 Å². The van der Waals surface area contributed by atoms with Crippen molar-refractivity contribution in [3.05, 3.63) is 90.5 Å². The van der Waals surface area contributed by atoms with Crippen molar-refractivity contribution in [3.8, 4) is 51.0 Å². The zero-order valence-corrected chi connectivity index (χ0v) is 24.1. The van der Waals surface area contributed by atoms with E-state index >= 15 is 0 Å². The minimum Gasteiger partial charge on any atom is -0.497 e. The van der Waals surface area contributed by atoms with E-state index in [9.17, 15) is 0 Å². The lowest BCUT2D eigenvalue weighted by Gasteiger charge is -2.20. The van der Waals surface area contributed by atoms with Gasteiger partial charge in [-0.25, -0.2) is 0 Å². The first-order valence-corrected chi connectivity index (χ1v) is 13.4. The molecule has 41 heavy (non-hydrogen) atoms. The lowest BCUT2D eigenvalue weighted by molar-refractivity contribution is 0.356. The number of rotatable bonds is 7. The van der Waals surface area contributed by atoms with Crippen LogP contribution in [0.4, 0.5) is 0 Å². The summed E-state index contributed by atoms with van der Waals surface area (Å²) in [5.41, 5.74) is 5.61. The molecule has 0 aliphatic rings. The maximum absolute atomic E-state index is 5.81. The van der Waals surface area contributed by atoms with Gasteiger partial charge in [0, 0.05) is 0 Å². The topological polar surface area (TPSA) is 46.2 Å². The molecule has 6 aromatic carbocycles. The number of ether oxygens (including phenoxy) is 5. The third kappa shape index (κ3) is 4.44. The molecule has 0 N–H and O–H groups in total. The fourth-order valence-electron chi connectivity index (χ4n) is 5.72.